The normalized spacial score (nSPS) is 14.0. The molecule has 4 heteroatoms. The van der Waals surface area contributed by atoms with Crippen LogP contribution in [0.2, 0.25) is 0 Å². The van der Waals surface area contributed by atoms with E-state index in [-0.39, 0.29) is 5.91 Å². The first-order chi connectivity index (χ1) is 7.75. The van der Waals surface area contributed by atoms with E-state index in [9.17, 15) is 4.79 Å². The van der Waals surface area contributed by atoms with Gasteiger partial charge in [-0.25, -0.2) is 4.99 Å². The summed E-state index contributed by atoms with van der Waals surface area (Å²) in [4.78, 5) is 15.8. The number of rotatable bonds is 1. The van der Waals surface area contributed by atoms with Crippen molar-refractivity contribution in [2.24, 2.45) is 4.99 Å². The van der Waals surface area contributed by atoms with Crippen LogP contribution in [0.25, 0.3) is 0 Å². The van der Waals surface area contributed by atoms with Crippen LogP contribution < -0.4 is 10.6 Å². The van der Waals surface area contributed by atoms with Crippen molar-refractivity contribution in [3.05, 3.63) is 60.6 Å². The van der Waals surface area contributed by atoms with E-state index in [1.807, 2.05) is 18.2 Å². The summed E-state index contributed by atoms with van der Waals surface area (Å²) in [6, 6.07) is 8.98. The molecule has 1 aromatic carbocycles. The Labute approximate surface area is 93.4 Å². The number of carbonyl (C=O) groups is 1. The Morgan fingerprint density at radius 1 is 1.31 bits per heavy atom. The highest BCUT2D eigenvalue weighted by molar-refractivity contribution is 6.10. The van der Waals surface area contributed by atoms with Gasteiger partial charge in [-0.2, -0.15) is 0 Å². The minimum Gasteiger partial charge on any atom is -0.347 e. The van der Waals surface area contributed by atoms with Gasteiger partial charge in [-0.05, 0) is 18.2 Å². The van der Waals surface area contributed by atoms with Crippen molar-refractivity contribution in [1.29, 1.82) is 0 Å². The van der Waals surface area contributed by atoms with E-state index >= 15 is 0 Å². The lowest BCUT2D eigenvalue weighted by Gasteiger charge is -2.10. The number of amidine groups is 1. The van der Waals surface area contributed by atoms with Crippen LogP contribution in [0.4, 0.5) is 0 Å². The molecule has 1 heterocycles. The Hall–Kier alpha value is -2.36. The van der Waals surface area contributed by atoms with Crippen molar-refractivity contribution in [1.82, 2.24) is 10.6 Å². The fourth-order valence-corrected chi connectivity index (χ4v) is 1.28. The van der Waals surface area contributed by atoms with E-state index in [0.29, 0.717) is 17.2 Å². The third-order valence-corrected chi connectivity index (χ3v) is 2.02. The zero-order valence-electron chi connectivity index (χ0n) is 8.60. The third-order valence-electron chi connectivity index (χ3n) is 2.02. The molecule has 0 aliphatic carbocycles. The molecule has 0 atom stereocenters. The van der Waals surface area contributed by atoms with Crippen molar-refractivity contribution in [2.45, 2.75) is 0 Å². The molecule has 16 heavy (non-hydrogen) atoms. The lowest BCUT2D eigenvalue weighted by Crippen LogP contribution is -2.31. The monoisotopic (exact) mass is 213 g/mol. The molecule has 0 aromatic heterocycles. The average Bonchev–Trinajstić information content (AvgIpc) is 2.30. The largest absolute Gasteiger partial charge is 0.347 e. The number of aliphatic imine (C=N–C) groups is 1. The quantitative estimate of drug-likeness (QED) is 0.741. The van der Waals surface area contributed by atoms with Gasteiger partial charge in [-0.1, -0.05) is 24.8 Å². The lowest BCUT2D eigenvalue weighted by atomic mass is 10.2. The highest BCUT2D eigenvalue weighted by Gasteiger charge is 2.08. The Morgan fingerprint density at radius 3 is 2.75 bits per heavy atom. The smallest absolute Gasteiger partial charge is 0.256 e. The fraction of sp³-hybridized carbons (Fsp3) is 0. The van der Waals surface area contributed by atoms with Crippen LogP contribution in [0.15, 0.2) is 60.0 Å². The molecule has 0 saturated heterocycles. The van der Waals surface area contributed by atoms with Crippen LogP contribution >= 0.6 is 0 Å². The number of nitrogens with one attached hydrogen (secondary N) is 2. The first-order valence-corrected chi connectivity index (χ1v) is 4.83. The maximum atomic E-state index is 11.7. The Kier molecular flexibility index (Phi) is 2.82. The fourth-order valence-electron chi connectivity index (χ4n) is 1.28. The predicted molar refractivity (Wildman–Crippen MR) is 62.8 cm³/mol. The number of amides is 1. The molecule has 0 fully saturated rings. The lowest BCUT2D eigenvalue weighted by molar-refractivity contribution is 0.0977. The molecule has 1 aliphatic heterocycles. The Bertz CT molecular complexity index is 474. The molecule has 0 unspecified atom stereocenters. The van der Waals surface area contributed by atoms with Crippen molar-refractivity contribution in [2.75, 3.05) is 0 Å². The van der Waals surface area contributed by atoms with Crippen LogP contribution in [0.5, 0.6) is 0 Å². The van der Waals surface area contributed by atoms with E-state index in [1.54, 1.807) is 24.4 Å². The van der Waals surface area contributed by atoms with Crippen molar-refractivity contribution in [3.63, 3.8) is 0 Å². The molecular formula is C12H11N3O. The summed E-state index contributed by atoms with van der Waals surface area (Å²) in [7, 11) is 0. The van der Waals surface area contributed by atoms with Gasteiger partial charge < -0.3 is 10.6 Å². The molecule has 80 valence electrons. The van der Waals surface area contributed by atoms with Gasteiger partial charge >= 0.3 is 0 Å². The van der Waals surface area contributed by atoms with Crippen molar-refractivity contribution in [3.8, 4) is 0 Å². The summed E-state index contributed by atoms with van der Waals surface area (Å²) >= 11 is 0. The molecule has 1 aromatic rings. The van der Waals surface area contributed by atoms with Gasteiger partial charge in [0.15, 0.2) is 0 Å². The standard InChI is InChI=1S/C12H11N3O/c1-9-13-8-7-11(14-9)15-12(16)10-5-3-2-4-6-10/h2-8,13H,1H2,(H,14,15,16). The van der Waals surface area contributed by atoms with Gasteiger partial charge in [-0.15, -0.1) is 0 Å². The molecule has 1 aliphatic rings. The van der Waals surface area contributed by atoms with Gasteiger partial charge in [0, 0.05) is 11.8 Å². The zero-order valence-corrected chi connectivity index (χ0v) is 8.60. The van der Waals surface area contributed by atoms with Crippen molar-refractivity contribution >= 4 is 11.7 Å². The second-order valence-electron chi connectivity index (χ2n) is 3.24. The zero-order chi connectivity index (χ0) is 11.4. The summed E-state index contributed by atoms with van der Waals surface area (Å²) in [5.74, 6) is 0.808. The minimum atomic E-state index is -0.182. The molecule has 0 saturated carbocycles. The minimum absolute atomic E-state index is 0.182. The van der Waals surface area contributed by atoms with E-state index in [0.717, 1.165) is 0 Å². The van der Waals surface area contributed by atoms with Crippen LogP contribution in [-0.4, -0.2) is 11.7 Å². The summed E-state index contributed by atoms with van der Waals surface area (Å²) < 4.78 is 0. The first kappa shape index (κ1) is 10.2. The summed E-state index contributed by atoms with van der Waals surface area (Å²) in [6.45, 7) is 3.64. The topological polar surface area (TPSA) is 53.5 Å². The SMILES string of the molecule is C=C1N=C(NC(=O)c2ccccc2)C=CN1. The van der Waals surface area contributed by atoms with Crippen LogP contribution in [0.3, 0.4) is 0 Å². The number of hydrogen-bond donors (Lipinski definition) is 2. The van der Waals surface area contributed by atoms with E-state index in [4.69, 9.17) is 0 Å². The van der Waals surface area contributed by atoms with Gasteiger partial charge in [0.05, 0.1) is 0 Å². The highest BCUT2D eigenvalue weighted by Crippen LogP contribution is 2.00. The van der Waals surface area contributed by atoms with Crippen LogP contribution in [0.1, 0.15) is 10.4 Å². The Balaban J connectivity index is 2.09. The summed E-state index contributed by atoms with van der Waals surface area (Å²) in [6.07, 6.45) is 3.35. The number of benzene rings is 1. The molecule has 1 amide bonds. The third kappa shape index (κ3) is 2.36. The maximum Gasteiger partial charge on any atom is 0.256 e. The molecule has 0 radical (unpaired) electrons. The van der Waals surface area contributed by atoms with Gasteiger partial charge in [0.2, 0.25) is 0 Å². The summed E-state index contributed by atoms with van der Waals surface area (Å²) in [5, 5.41) is 5.50. The second-order valence-corrected chi connectivity index (χ2v) is 3.24. The highest BCUT2D eigenvalue weighted by atomic mass is 16.1. The number of nitrogens with zero attached hydrogens (tertiary/aromatic N) is 1. The molecule has 2 N–H and O–H groups in total. The van der Waals surface area contributed by atoms with E-state index in [1.165, 1.54) is 0 Å². The van der Waals surface area contributed by atoms with Gasteiger partial charge in [-0.3, -0.25) is 4.79 Å². The molecule has 2 rings (SSSR count). The van der Waals surface area contributed by atoms with Crippen molar-refractivity contribution < 1.29 is 4.79 Å². The van der Waals surface area contributed by atoms with Crippen LogP contribution in [-0.2, 0) is 0 Å². The molecular weight excluding hydrogens is 202 g/mol. The maximum absolute atomic E-state index is 11.7. The average molecular weight is 213 g/mol. The number of hydrogen-bond acceptors (Lipinski definition) is 3. The number of carbonyl (C=O) groups excluding carboxylic acids is 1. The predicted octanol–water partition coefficient (Wildman–Crippen LogP) is 1.40. The Morgan fingerprint density at radius 2 is 2.06 bits per heavy atom. The van der Waals surface area contributed by atoms with E-state index in [2.05, 4.69) is 22.2 Å². The van der Waals surface area contributed by atoms with Gasteiger partial charge in [0.25, 0.3) is 5.91 Å². The molecule has 0 bridgehead atoms. The second kappa shape index (κ2) is 4.44. The molecule has 4 nitrogen and oxygen atoms in total. The van der Waals surface area contributed by atoms with Gasteiger partial charge in [0.1, 0.15) is 11.7 Å². The summed E-state index contributed by atoms with van der Waals surface area (Å²) in [5.41, 5.74) is 0.600. The molecule has 0 spiro atoms. The first-order valence-electron chi connectivity index (χ1n) is 4.83. The van der Waals surface area contributed by atoms with E-state index < -0.39 is 0 Å². The van der Waals surface area contributed by atoms with Crippen LogP contribution in [0, 0.1) is 0 Å².